The van der Waals surface area contributed by atoms with E-state index < -0.39 is 0 Å². The molecule has 1 aromatic heterocycles. The SMILES string of the molecule is c1ccc2nc(N3C[C@H]4CC[C@@H](C3)O4)ncc2c1. The summed E-state index contributed by atoms with van der Waals surface area (Å²) in [6, 6.07) is 8.11. The third-order valence-electron chi connectivity index (χ3n) is 3.80. The van der Waals surface area contributed by atoms with Crippen molar-refractivity contribution in [2.75, 3.05) is 18.0 Å². The normalized spacial score (nSPS) is 26.8. The average Bonchev–Trinajstić information content (AvgIpc) is 2.77. The van der Waals surface area contributed by atoms with Crippen molar-refractivity contribution in [3.8, 4) is 0 Å². The second-order valence-electron chi connectivity index (χ2n) is 5.09. The highest BCUT2D eigenvalue weighted by Crippen LogP contribution is 2.28. The molecule has 0 N–H and O–H groups in total. The summed E-state index contributed by atoms with van der Waals surface area (Å²) in [7, 11) is 0. The first-order chi connectivity index (χ1) is 8.88. The number of rotatable bonds is 1. The van der Waals surface area contributed by atoms with Gasteiger partial charge in [0.1, 0.15) is 0 Å². The molecule has 2 aliphatic rings. The second-order valence-corrected chi connectivity index (χ2v) is 5.09. The molecule has 0 aliphatic carbocycles. The first kappa shape index (κ1) is 10.3. The molecule has 4 rings (SSSR count). The molecular weight excluding hydrogens is 226 g/mol. The van der Waals surface area contributed by atoms with Gasteiger partial charge in [-0.25, -0.2) is 9.97 Å². The Morgan fingerprint density at radius 3 is 2.72 bits per heavy atom. The first-order valence-corrected chi connectivity index (χ1v) is 6.51. The molecule has 18 heavy (non-hydrogen) atoms. The van der Waals surface area contributed by atoms with Crippen molar-refractivity contribution in [2.45, 2.75) is 25.0 Å². The van der Waals surface area contributed by atoms with Crippen LogP contribution in [0.2, 0.25) is 0 Å². The summed E-state index contributed by atoms with van der Waals surface area (Å²) >= 11 is 0. The Morgan fingerprint density at radius 2 is 1.89 bits per heavy atom. The number of nitrogens with zero attached hydrogens (tertiary/aromatic N) is 3. The standard InChI is InChI=1S/C14H15N3O/c1-2-4-13-10(3-1)7-15-14(16-13)17-8-11-5-6-12(9-17)18-11/h1-4,7,11-12H,5-6,8-9H2/t11-,12+. The zero-order chi connectivity index (χ0) is 11.9. The van der Waals surface area contributed by atoms with Crippen molar-refractivity contribution in [1.82, 2.24) is 9.97 Å². The maximum atomic E-state index is 5.84. The van der Waals surface area contributed by atoms with E-state index in [1.807, 2.05) is 30.5 Å². The lowest BCUT2D eigenvalue weighted by atomic mass is 10.2. The van der Waals surface area contributed by atoms with Crippen molar-refractivity contribution in [3.05, 3.63) is 30.5 Å². The van der Waals surface area contributed by atoms with Crippen molar-refractivity contribution in [1.29, 1.82) is 0 Å². The molecule has 92 valence electrons. The lowest BCUT2D eigenvalue weighted by Crippen LogP contribution is -2.43. The fourth-order valence-corrected chi connectivity index (χ4v) is 2.89. The molecular formula is C14H15N3O. The summed E-state index contributed by atoms with van der Waals surface area (Å²) in [5, 5.41) is 1.09. The van der Waals surface area contributed by atoms with Gasteiger partial charge in [0, 0.05) is 24.7 Å². The van der Waals surface area contributed by atoms with E-state index in [1.54, 1.807) is 0 Å². The molecule has 2 atom stereocenters. The third kappa shape index (κ3) is 1.64. The predicted octanol–water partition coefficient (Wildman–Crippen LogP) is 2.00. The highest BCUT2D eigenvalue weighted by atomic mass is 16.5. The molecule has 2 saturated heterocycles. The Bertz CT molecular complexity index is 574. The maximum Gasteiger partial charge on any atom is 0.226 e. The average molecular weight is 241 g/mol. The molecule has 4 nitrogen and oxygen atoms in total. The number of benzene rings is 1. The molecule has 1 aromatic carbocycles. The number of anilines is 1. The van der Waals surface area contributed by atoms with Gasteiger partial charge in [-0.2, -0.15) is 0 Å². The molecule has 0 saturated carbocycles. The molecule has 2 fully saturated rings. The molecule has 0 amide bonds. The summed E-state index contributed by atoms with van der Waals surface area (Å²) in [5.41, 5.74) is 1.02. The van der Waals surface area contributed by atoms with Crippen LogP contribution in [0, 0.1) is 0 Å². The predicted molar refractivity (Wildman–Crippen MR) is 69.6 cm³/mol. The van der Waals surface area contributed by atoms with Crippen molar-refractivity contribution >= 4 is 16.9 Å². The quantitative estimate of drug-likeness (QED) is 0.765. The van der Waals surface area contributed by atoms with E-state index in [1.165, 1.54) is 12.8 Å². The van der Waals surface area contributed by atoms with E-state index in [0.29, 0.717) is 12.2 Å². The van der Waals surface area contributed by atoms with Crippen LogP contribution in [0.3, 0.4) is 0 Å². The van der Waals surface area contributed by atoms with Crippen LogP contribution < -0.4 is 4.90 Å². The summed E-state index contributed by atoms with van der Waals surface area (Å²) in [4.78, 5) is 11.4. The third-order valence-corrected chi connectivity index (χ3v) is 3.80. The van der Waals surface area contributed by atoms with Crippen LogP contribution in [0.5, 0.6) is 0 Å². The highest BCUT2D eigenvalue weighted by molar-refractivity contribution is 5.78. The fraction of sp³-hybridized carbons (Fsp3) is 0.429. The molecule has 4 heteroatoms. The van der Waals surface area contributed by atoms with Crippen LogP contribution >= 0.6 is 0 Å². The van der Waals surface area contributed by atoms with E-state index >= 15 is 0 Å². The second kappa shape index (κ2) is 3.92. The number of para-hydroxylation sites is 1. The molecule has 2 aromatic rings. The zero-order valence-electron chi connectivity index (χ0n) is 10.1. The van der Waals surface area contributed by atoms with Gasteiger partial charge in [0.25, 0.3) is 0 Å². The molecule has 0 spiro atoms. The maximum absolute atomic E-state index is 5.84. The Hall–Kier alpha value is -1.68. The lowest BCUT2D eigenvalue weighted by Gasteiger charge is -2.32. The van der Waals surface area contributed by atoms with Crippen LogP contribution in [0.15, 0.2) is 30.5 Å². The van der Waals surface area contributed by atoms with Gasteiger partial charge in [0.2, 0.25) is 5.95 Å². The van der Waals surface area contributed by atoms with Gasteiger partial charge in [-0.15, -0.1) is 0 Å². The van der Waals surface area contributed by atoms with Gasteiger partial charge < -0.3 is 9.64 Å². The summed E-state index contributed by atoms with van der Waals surface area (Å²) < 4.78 is 5.84. The van der Waals surface area contributed by atoms with E-state index in [0.717, 1.165) is 29.9 Å². The van der Waals surface area contributed by atoms with E-state index in [4.69, 9.17) is 4.74 Å². The summed E-state index contributed by atoms with van der Waals surface area (Å²) in [6.45, 7) is 1.85. The summed E-state index contributed by atoms with van der Waals surface area (Å²) in [6.07, 6.45) is 5.01. The van der Waals surface area contributed by atoms with Crippen LogP contribution in [0.25, 0.3) is 10.9 Å². The fourth-order valence-electron chi connectivity index (χ4n) is 2.89. The molecule has 2 bridgehead atoms. The van der Waals surface area contributed by atoms with Gasteiger partial charge in [0.05, 0.1) is 17.7 Å². The smallest absolute Gasteiger partial charge is 0.226 e. The Morgan fingerprint density at radius 1 is 1.11 bits per heavy atom. The minimum absolute atomic E-state index is 0.374. The largest absolute Gasteiger partial charge is 0.371 e. The first-order valence-electron chi connectivity index (χ1n) is 6.51. The Kier molecular flexibility index (Phi) is 2.23. The van der Waals surface area contributed by atoms with Crippen LogP contribution in [-0.2, 0) is 4.74 Å². The van der Waals surface area contributed by atoms with Crippen molar-refractivity contribution in [2.24, 2.45) is 0 Å². The zero-order valence-corrected chi connectivity index (χ0v) is 10.1. The lowest BCUT2D eigenvalue weighted by molar-refractivity contribution is 0.0299. The van der Waals surface area contributed by atoms with E-state index in [9.17, 15) is 0 Å². The molecule has 3 heterocycles. The number of morpholine rings is 1. The monoisotopic (exact) mass is 241 g/mol. The Balaban J connectivity index is 1.70. The molecule has 2 aliphatic heterocycles. The van der Waals surface area contributed by atoms with Crippen LogP contribution in [-0.4, -0.2) is 35.3 Å². The molecule has 0 unspecified atom stereocenters. The number of aromatic nitrogens is 2. The minimum Gasteiger partial charge on any atom is -0.371 e. The number of hydrogen-bond donors (Lipinski definition) is 0. The van der Waals surface area contributed by atoms with Crippen LogP contribution in [0.1, 0.15) is 12.8 Å². The topological polar surface area (TPSA) is 38.2 Å². The van der Waals surface area contributed by atoms with Gasteiger partial charge in [-0.3, -0.25) is 0 Å². The number of fused-ring (bicyclic) bond motifs is 3. The van der Waals surface area contributed by atoms with Crippen molar-refractivity contribution in [3.63, 3.8) is 0 Å². The van der Waals surface area contributed by atoms with Gasteiger partial charge >= 0.3 is 0 Å². The van der Waals surface area contributed by atoms with E-state index in [2.05, 4.69) is 14.9 Å². The van der Waals surface area contributed by atoms with Crippen LogP contribution in [0.4, 0.5) is 5.95 Å². The number of ether oxygens (including phenoxy) is 1. The highest BCUT2D eigenvalue weighted by Gasteiger charge is 2.34. The summed E-state index contributed by atoms with van der Waals surface area (Å²) in [5.74, 6) is 0.842. The van der Waals surface area contributed by atoms with Gasteiger partial charge in [-0.1, -0.05) is 18.2 Å². The van der Waals surface area contributed by atoms with Gasteiger partial charge in [-0.05, 0) is 18.9 Å². The Labute approximate surface area is 106 Å². The minimum atomic E-state index is 0.374. The van der Waals surface area contributed by atoms with Gasteiger partial charge in [0.15, 0.2) is 0 Å². The van der Waals surface area contributed by atoms with E-state index in [-0.39, 0.29) is 0 Å². The molecule has 0 radical (unpaired) electrons. The van der Waals surface area contributed by atoms with Crippen molar-refractivity contribution < 1.29 is 4.74 Å². The number of hydrogen-bond acceptors (Lipinski definition) is 4.